The summed E-state index contributed by atoms with van der Waals surface area (Å²) in [5, 5.41) is 5.86. The Balaban J connectivity index is 0.00000225. The molecule has 1 fully saturated rings. The Bertz CT molecular complexity index is 635. The summed E-state index contributed by atoms with van der Waals surface area (Å²) in [4.78, 5) is 25.4. The maximum absolute atomic E-state index is 12.6. The van der Waals surface area contributed by atoms with Crippen LogP contribution in [0.2, 0.25) is 0 Å². The summed E-state index contributed by atoms with van der Waals surface area (Å²) in [5.41, 5.74) is 7.19. The Morgan fingerprint density at radius 2 is 2.08 bits per heavy atom. The number of amides is 2. The average molecular weight is 384 g/mol. The minimum Gasteiger partial charge on any atom is -0.348 e. The van der Waals surface area contributed by atoms with Crippen LogP contribution in [0.4, 0.5) is 5.69 Å². The van der Waals surface area contributed by atoms with Gasteiger partial charge in [-0.05, 0) is 43.9 Å². The monoisotopic (exact) mass is 383 g/mol. The lowest BCUT2D eigenvalue weighted by molar-refractivity contribution is -0.115. The van der Waals surface area contributed by atoms with Crippen LogP contribution in [-0.4, -0.2) is 29.7 Å². The topological polar surface area (TPSA) is 84.2 Å². The highest BCUT2D eigenvalue weighted by Crippen LogP contribution is 2.36. The molecule has 5 nitrogen and oxygen atoms in total. The van der Waals surface area contributed by atoms with Crippen LogP contribution in [0.3, 0.4) is 0 Å². The first-order valence-corrected chi connectivity index (χ1v) is 9.59. The fourth-order valence-electron chi connectivity index (χ4n) is 3.51. The molecule has 2 unspecified atom stereocenters. The van der Waals surface area contributed by atoms with Gasteiger partial charge in [-0.2, -0.15) is 0 Å². The molecule has 2 amide bonds. The lowest BCUT2D eigenvalue weighted by atomic mass is 9.84. The molecule has 138 valence electrons. The van der Waals surface area contributed by atoms with Gasteiger partial charge in [0.15, 0.2) is 0 Å². The number of rotatable bonds is 4. The van der Waals surface area contributed by atoms with Gasteiger partial charge in [-0.15, -0.1) is 24.2 Å². The smallest absolute Gasteiger partial charge is 0.251 e. The molecule has 0 spiro atoms. The van der Waals surface area contributed by atoms with E-state index in [0.717, 1.165) is 23.4 Å². The lowest BCUT2D eigenvalue weighted by Crippen LogP contribution is -2.45. The normalized spacial score (nSPS) is 21.5. The molecule has 25 heavy (non-hydrogen) atoms. The highest BCUT2D eigenvalue weighted by molar-refractivity contribution is 8.00. The molecule has 0 bridgehead atoms. The number of benzene rings is 1. The molecule has 1 aromatic carbocycles. The summed E-state index contributed by atoms with van der Waals surface area (Å²) in [7, 11) is 0. The largest absolute Gasteiger partial charge is 0.348 e. The fraction of sp³-hybridized carbons (Fsp3) is 0.556. The van der Waals surface area contributed by atoms with Crippen LogP contribution < -0.4 is 16.4 Å². The van der Waals surface area contributed by atoms with E-state index in [-0.39, 0.29) is 35.5 Å². The van der Waals surface area contributed by atoms with Gasteiger partial charge >= 0.3 is 0 Å². The first kappa shape index (κ1) is 20.1. The maximum atomic E-state index is 12.6. The van der Waals surface area contributed by atoms with Crippen LogP contribution in [0.15, 0.2) is 23.1 Å². The van der Waals surface area contributed by atoms with Crippen molar-refractivity contribution in [2.45, 2.75) is 55.2 Å². The summed E-state index contributed by atoms with van der Waals surface area (Å²) in [5.74, 6) is 0.338. The van der Waals surface area contributed by atoms with Gasteiger partial charge in [-0.25, -0.2) is 0 Å². The lowest BCUT2D eigenvalue weighted by Gasteiger charge is -2.30. The standard InChI is InChI=1S/C18H25N3O2S.ClH/c1-11-17(22)20-14-9-13(7-8-16(14)24-11)18(23)21-15(10-19)12-5-3-2-4-6-12;/h7-9,11-12,15H,2-6,10,19H2,1H3,(H,20,22)(H,21,23);1H. The molecule has 0 aromatic heterocycles. The number of thioether (sulfide) groups is 1. The van der Waals surface area contributed by atoms with Gasteiger partial charge in [0, 0.05) is 23.0 Å². The van der Waals surface area contributed by atoms with Crippen molar-refractivity contribution in [3.63, 3.8) is 0 Å². The Morgan fingerprint density at radius 3 is 2.76 bits per heavy atom. The predicted octanol–water partition coefficient (Wildman–Crippen LogP) is 3.18. The Labute approximate surface area is 159 Å². The third-order valence-electron chi connectivity index (χ3n) is 4.96. The van der Waals surface area contributed by atoms with E-state index in [1.165, 1.54) is 31.0 Å². The Kier molecular flexibility index (Phi) is 7.16. The van der Waals surface area contributed by atoms with E-state index >= 15 is 0 Å². The number of carbonyl (C=O) groups excluding carboxylic acids is 2. The molecule has 2 aliphatic rings. The zero-order valence-corrected chi connectivity index (χ0v) is 16.1. The number of halogens is 1. The third kappa shape index (κ3) is 4.68. The molecule has 1 saturated carbocycles. The highest BCUT2D eigenvalue weighted by Gasteiger charge is 2.26. The van der Waals surface area contributed by atoms with Gasteiger partial charge in [-0.1, -0.05) is 19.3 Å². The summed E-state index contributed by atoms with van der Waals surface area (Å²) in [6.07, 6.45) is 5.99. The van der Waals surface area contributed by atoms with Crippen molar-refractivity contribution >= 4 is 41.7 Å². The van der Waals surface area contributed by atoms with Crippen LogP contribution in [0, 0.1) is 5.92 Å². The van der Waals surface area contributed by atoms with Crippen LogP contribution in [0.25, 0.3) is 0 Å². The van der Waals surface area contributed by atoms with Crippen LogP contribution in [0.5, 0.6) is 0 Å². The van der Waals surface area contributed by atoms with Gasteiger partial charge in [0.25, 0.3) is 5.91 Å². The Hall–Kier alpha value is -1.24. The molecular weight excluding hydrogens is 358 g/mol. The number of hydrogen-bond acceptors (Lipinski definition) is 4. The van der Waals surface area contributed by atoms with Gasteiger partial charge in [0.2, 0.25) is 5.91 Å². The van der Waals surface area contributed by atoms with Crippen LogP contribution in [0.1, 0.15) is 49.4 Å². The van der Waals surface area contributed by atoms with E-state index in [1.54, 1.807) is 6.07 Å². The molecule has 7 heteroatoms. The van der Waals surface area contributed by atoms with Crippen molar-refractivity contribution < 1.29 is 9.59 Å². The predicted molar refractivity (Wildman–Crippen MR) is 105 cm³/mol. The summed E-state index contributed by atoms with van der Waals surface area (Å²) < 4.78 is 0. The van der Waals surface area contributed by atoms with Gasteiger partial charge < -0.3 is 16.4 Å². The second-order valence-corrected chi connectivity index (χ2v) is 8.06. The number of fused-ring (bicyclic) bond motifs is 1. The first-order valence-electron chi connectivity index (χ1n) is 8.71. The van der Waals surface area contributed by atoms with E-state index in [1.807, 2.05) is 19.1 Å². The van der Waals surface area contributed by atoms with Crippen molar-refractivity contribution in [3.05, 3.63) is 23.8 Å². The molecular formula is C18H26ClN3O2S. The molecule has 0 saturated heterocycles. The number of carbonyl (C=O) groups is 2. The Morgan fingerprint density at radius 1 is 1.36 bits per heavy atom. The first-order chi connectivity index (χ1) is 11.6. The number of nitrogens with two attached hydrogens (primary N) is 1. The van der Waals surface area contributed by atoms with E-state index < -0.39 is 0 Å². The van der Waals surface area contributed by atoms with Crippen LogP contribution in [-0.2, 0) is 4.79 Å². The van der Waals surface area contributed by atoms with Gasteiger partial charge in [0.05, 0.1) is 10.9 Å². The van der Waals surface area contributed by atoms with Crippen molar-refractivity contribution in [1.82, 2.24) is 5.32 Å². The van der Waals surface area contributed by atoms with Crippen molar-refractivity contribution in [3.8, 4) is 0 Å². The third-order valence-corrected chi connectivity index (χ3v) is 6.14. The minimum absolute atomic E-state index is 0. The second-order valence-electron chi connectivity index (χ2n) is 6.67. The van der Waals surface area contributed by atoms with E-state index in [9.17, 15) is 9.59 Å². The SMILES string of the molecule is CC1Sc2ccc(C(=O)NC(CN)C3CCCCC3)cc2NC1=O.Cl. The molecule has 0 radical (unpaired) electrons. The van der Waals surface area contributed by atoms with Gasteiger partial charge in [0.1, 0.15) is 0 Å². The summed E-state index contributed by atoms with van der Waals surface area (Å²) in [6.45, 7) is 2.34. The molecule has 4 N–H and O–H groups in total. The quantitative estimate of drug-likeness (QED) is 0.745. The highest BCUT2D eigenvalue weighted by atomic mass is 35.5. The molecule has 1 aliphatic heterocycles. The molecule has 3 rings (SSSR count). The van der Waals surface area contributed by atoms with Crippen molar-refractivity contribution in [1.29, 1.82) is 0 Å². The minimum atomic E-state index is -0.114. The number of hydrogen-bond donors (Lipinski definition) is 3. The van der Waals surface area contributed by atoms with Crippen molar-refractivity contribution in [2.75, 3.05) is 11.9 Å². The zero-order chi connectivity index (χ0) is 17.1. The number of nitrogens with one attached hydrogen (secondary N) is 2. The second kappa shape index (κ2) is 8.92. The van der Waals surface area contributed by atoms with E-state index in [2.05, 4.69) is 10.6 Å². The van der Waals surface area contributed by atoms with Gasteiger partial charge in [-0.3, -0.25) is 9.59 Å². The van der Waals surface area contributed by atoms with E-state index in [4.69, 9.17) is 5.73 Å². The van der Waals surface area contributed by atoms with E-state index in [0.29, 0.717) is 18.0 Å². The zero-order valence-electron chi connectivity index (χ0n) is 14.4. The summed E-state index contributed by atoms with van der Waals surface area (Å²) in [6, 6.07) is 5.51. The molecule has 1 aliphatic carbocycles. The van der Waals surface area contributed by atoms with Crippen molar-refractivity contribution in [2.24, 2.45) is 11.7 Å². The molecule has 1 aromatic rings. The van der Waals surface area contributed by atoms with Crippen LogP contribution >= 0.6 is 24.2 Å². The molecule has 1 heterocycles. The number of anilines is 1. The summed E-state index contributed by atoms with van der Waals surface area (Å²) >= 11 is 1.52. The maximum Gasteiger partial charge on any atom is 0.251 e. The molecule has 2 atom stereocenters. The fourth-order valence-corrected chi connectivity index (χ4v) is 4.44. The average Bonchev–Trinajstić information content (AvgIpc) is 2.60.